The lowest BCUT2D eigenvalue weighted by atomic mass is 10.3. The van der Waals surface area contributed by atoms with E-state index < -0.39 is 11.1 Å². The monoisotopic (exact) mass is 342 g/mol. The largest absolute Gasteiger partial charge is 0.323 e. The number of carbonyl (C=O) groups is 1. The van der Waals surface area contributed by atoms with Crippen LogP contribution >= 0.6 is 11.8 Å². The van der Waals surface area contributed by atoms with Crippen molar-refractivity contribution >= 4 is 23.4 Å². The number of hydrogen-bond donors (Lipinski definition) is 1. The molecule has 5 nitrogen and oxygen atoms in total. The molecule has 0 aliphatic rings. The fourth-order valence-electron chi connectivity index (χ4n) is 2.08. The maximum absolute atomic E-state index is 13.6. The Balaban J connectivity index is 1.72. The zero-order valence-corrected chi connectivity index (χ0v) is 13.7. The smallest absolute Gasteiger partial charge is 0.237 e. The molecule has 1 N–H and O–H groups in total. The third kappa shape index (κ3) is 3.62. The maximum atomic E-state index is 13.6. The summed E-state index contributed by atoms with van der Waals surface area (Å²) in [4.78, 5) is 12.3. The van der Waals surface area contributed by atoms with Crippen LogP contribution in [0, 0.1) is 5.82 Å². The molecular weight excluding hydrogens is 327 g/mol. The van der Waals surface area contributed by atoms with E-state index in [0.717, 1.165) is 5.69 Å². The number of amides is 1. The predicted octanol–water partition coefficient (Wildman–Crippen LogP) is 3.53. The van der Waals surface area contributed by atoms with Crippen molar-refractivity contribution in [2.24, 2.45) is 0 Å². The molecule has 1 unspecified atom stereocenters. The molecule has 1 aromatic heterocycles. The van der Waals surface area contributed by atoms with E-state index in [1.807, 2.05) is 30.3 Å². The Morgan fingerprint density at radius 2 is 1.88 bits per heavy atom. The highest BCUT2D eigenvalue weighted by Crippen LogP contribution is 2.25. The van der Waals surface area contributed by atoms with E-state index in [9.17, 15) is 9.18 Å². The first-order chi connectivity index (χ1) is 11.6. The lowest BCUT2D eigenvalue weighted by Gasteiger charge is -2.12. The molecule has 0 saturated heterocycles. The highest BCUT2D eigenvalue weighted by atomic mass is 32.2. The SMILES string of the molecule is CC(Sc1nncn1-c1ccccc1)C(=O)Nc1ccccc1F. The van der Waals surface area contributed by atoms with Crippen LogP contribution in [-0.4, -0.2) is 25.9 Å². The molecule has 0 bridgehead atoms. The number of benzene rings is 2. The number of para-hydroxylation sites is 2. The molecule has 122 valence electrons. The number of nitrogens with one attached hydrogen (secondary N) is 1. The van der Waals surface area contributed by atoms with E-state index in [-0.39, 0.29) is 11.6 Å². The quantitative estimate of drug-likeness (QED) is 0.721. The zero-order valence-electron chi connectivity index (χ0n) is 12.9. The molecule has 1 amide bonds. The average molecular weight is 342 g/mol. The van der Waals surface area contributed by atoms with Crippen molar-refractivity contribution in [3.8, 4) is 5.69 Å². The molecule has 24 heavy (non-hydrogen) atoms. The summed E-state index contributed by atoms with van der Waals surface area (Å²) in [7, 11) is 0. The van der Waals surface area contributed by atoms with Gasteiger partial charge in [0.25, 0.3) is 0 Å². The molecule has 0 aliphatic carbocycles. The Bertz CT molecular complexity index is 837. The Labute approximate surface area is 142 Å². The van der Waals surface area contributed by atoms with Crippen LogP contribution in [0.2, 0.25) is 0 Å². The number of halogens is 1. The number of rotatable bonds is 5. The number of carbonyl (C=O) groups excluding carboxylic acids is 1. The summed E-state index contributed by atoms with van der Waals surface area (Å²) in [6, 6.07) is 15.7. The van der Waals surface area contributed by atoms with Crippen molar-refractivity contribution in [1.82, 2.24) is 14.8 Å². The van der Waals surface area contributed by atoms with E-state index in [1.54, 1.807) is 30.0 Å². The van der Waals surface area contributed by atoms with Gasteiger partial charge in [0.15, 0.2) is 5.16 Å². The van der Waals surface area contributed by atoms with Gasteiger partial charge in [0.1, 0.15) is 12.1 Å². The number of nitrogens with zero attached hydrogens (tertiary/aromatic N) is 3. The van der Waals surface area contributed by atoms with Crippen molar-refractivity contribution in [2.45, 2.75) is 17.3 Å². The van der Waals surface area contributed by atoms with Crippen LogP contribution in [0.3, 0.4) is 0 Å². The van der Waals surface area contributed by atoms with Crippen molar-refractivity contribution in [2.75, 3.05) is 5.32 Å². The van der Waals surface area contributed by atoms with Gasteiger partial charge < -0.3 is 5.32 Å². The fraction of sp³-hybridized carbons (Fsp3) is 0.118. The van der Waals surface area contributed by atoms with Crippen LogP contribution in [-0.2, 0) is 4.79 Å². The molecule has 2 aromatic carbocycles. The summed E-state index contributed by atoms with van der Waals surface area (Å²) >= 11 is 1.26. The van der Waals surface area contributed by atoms with Gasteiger partial charge >= 0.3 is 0 Å². The van der Waals surface area contributed by atoms with Gasteiger partial charge in [-0.2, -0.15) is 0 Å². The average Bonchev–Trinajstić information content (AvgIpc) is 3.05. The minimum atomic E-state index is -0.462. The topological polar surface area (TPSA) is 59.8 Å². The van der Waals surface area contributed by atoms with Crippen molar-refractivity contribution < 1.29 is 9.18 Å². The van der Waals surface area contributed by atoms with Crippen LogP contribution in [0.1, 0.15) is 6.92 Å². The van der Waals surface area contributed by atoms with Crippen LogP contribution in [0.25, 0.3) is 5.69 Å². The molecule has 0 spiro atoms. The van der Waals surface area contributed by atoms with Crippen LogP contribution in [0.15, 0.2) is 66.1 Å². The molecule has 1 heterocycles. The summed E-state index contributed by atoms with van der Waals surface area (Å²) in [5.41, 5.74) is 1.08. The summed E-state index contributed by atoms with van der Waals surface area (Å²) in [5, 5.41) is 10.7. The van der Waals surface area contributed by atoms with Crippen LogP contribution in [0.5, 0.6) is 0 Å². The fourth-order valence-corrected chi connectivity index (χ4v) is 2.92. The minimum absolute atomic E-state index is 0.166. The molecule has 3 rings (SSSR count). The third-order valence-electron chi connectivity index (χ3n) is 3.33. The Morgan fingerprint density at radius 1 is 1.17 bits per heavy atom. The molecule has 7 heteroatoms. The number of thioether (sulfide) groups is 1. The predicted molar refractivity (Wildman–Crippen MR) is 91.7 cm³/mol. The molecular formula is C17H15FN4OS. The van der Waals surface area contributed by atoms with E-state index in [0.29, 0.717) is 5.16 Å². The molecule has 1 atom stereocenters. The molecule has 0 aliphatic heterocycles. The van der Waals surface area contributed by atoms with Gasteiger partial charge in [0.05, 0.1) is 10.9 Å². The van der Waals surface area contributed by atoms with Crippen molar-refractivity contribution in [3.63, 3.8) is 0 Å². The summed E-state index contributed by atoms with van der Waals surface area (Å²) in [6.45, 7) is 1.74. The Morgan fingerprint density at radius 3 is 2.62 bits per heavy atom. The lowest BCUT2D eigenvalue weighted by Crippen LogP contribution is -2.23. The summed E-state index contributed by atoms with van der Waals surface area (Å²) in [6.07, 6.45) is 1.60. The second kappa shape index (κ2) is 7.27. The van der Waals surface area contributed by atoms with Crippen molar-refractivity contribution in [1.29, 1.82) is 0 Å². The highest BCUT2D eigenvalue weighted by molar-refractivity contribution is 8.00. The van der Waals surface area contributed by atoms with Gasteiger partial charge in [-0.25, -0.2) is 4.39 Å². The van der Waals surface area contributed by atoms with Gasteiger partial charge in [-0.15, -0.1) is 10.2 Å². The highest BCUT2D eigenvalue weighted by Gasteiger charge is 2.19. The van der Waals surface area contributed by atoms with Gasteiger partial charge in [0.2, 0.25) is 5.91 Å². The molecule has 0 fully saturated rings. The number of anilines is 1. The standard InChI is InChI=1S/C17H15FN4OS/c1-12(16(23)20-15-10-6-5-9-14(15)18)24-17-21-19-11-22(17)13-7-3-2-4-8-13/h2-12H,1H3,(H,20,23). The van der Waals surface area contributed by atoms with E-state index in [1.165, 1.54) is 23.9 Å². The van der Waals surface area contributed by atoms with Crippen molar-refractivity contribution in [3.05, 3.63) is 66.7 Å². The second-order valence-corrected chi connectivity index (χ2v) is 6.36. The first-order valence-corrected chi connectivity index (χ1v) is 8.20. The normalized spacial score (nSPS) is 11.9. The molecule has 0 saturated carbocycles. The summed E-state index contributed by atoms with van der Waals surface area (Å²) < 4.78 is 15.4. The second-order valence-electron chi connectivity index (χ2n) is 5.05. The summed E-state index contributed by atoms with van der Waals surface area (Å²) in [5.74, 6) is -0.761. The van der Waals surface area contributed by atoms with Gasteiger partial charge in [-0.3, -0.25) is 9.36 Å². The Kier molecular flexibility index (Phi) is 4.90. The lowest BCUT2D eigenvalue weighted by molar-refractivity contribution is -0.115. The zero-order chi connectivity index (χ0) is 16.9. The van der Waals surface area contributed by atoms with Gasteiger partial charge in [-0.1, -0.05) is 42.1 Å². The first kappa shape index (κ1) is 16.2. The van der Waals surface area contributed by atoms with Crippen LogP contribution < -0.4 is 5.32 Å². The van der Waals surface area contributed by atoms with E-state index >= 15 is 0 Å². The molecule has 0 radical (unpaired) electrons. The van der Waals surface area contributed by atoms with Crippen LogP contribution in [0.4, 0.5) is 10.1 Å². The van der Waals surface area contributed by atoms with Gasteiger partial charge in [0, 0.05) is 5.69 Å². The number of aromatic nitrogens is 3. The molecule has 3 aromatic rings. The van der Waals surface area contributed by atoms with E-state index in [4.69, 9.17) is 0 Å². The maximum Gasteiger partial charge on any atom is 0.237 e. The third-order valence-corrected chi connectivity index (χ3v) is 4.39. The first-order valence-electron chi connectivity index (χ1n) is 7.32. The minimum Gasteiger partial charge on any atom is -0.323 e. The Hall–Kier alpha value is -2.67. The van der Waals surface area contributed by atoms with E-state index in [2.05, 4.69) is 15.5 Å². The van der Waals surface area contributed by atoms with Gasteiger partial charge in [-0.05, 0) is 31.2 Å². The number of hydrogen-bond acceptors (Lipinski definition) is 4.